The Balaban J connectivity index is 1.23. The molecule has 0 atom stereocenters. The third-order valence-electron chi connectivity index (χ3n) is 4.63. The van der Waals surface area contributed by atoms with Crippen molar-refractivity contribution in [3.8, 4) is 0 Å². The molecule has 0 saturated heterocycles. The fourth-order valence-electron chi connectivity index (χ4n) is 3.08. The van der Waals surface area contributed by atoms with Crippen LogP contribution < -0.4 is 5.32 Å². The van der Waals surface area contributed by atoms with E-state index in [9.17, 15) is 9.18 Å². The van der Waals surface area contributed by atoms with E-state index in [1.807, 2.05) is 6.07 Å². The van der Waals surface area contributed by atoms with Crippen molar-refractivity contribution >= 4 is 28.3 Å². The summed E-state index contributed by atoms with van der Waals surface area (Å²) in [7, 11) is 0. The van der Waals surface area contributed by atoms with E-state index in [1.165, 1.54) is 35.2 Å². The molecular weight excluding hydrogens is 389 g/mol. The highest BCUT2D eigenvalue weighted by atomic mass is 32.1. The monoisotopic (exact) mass is 409 g/mol. The summed E-state index contributed by atoms with van der Waals surface area (Å²) < 4.78 is 13.6. The standard InChI is InChI=1S/C21H20FN5OS/c22-15-5-3-9-23-18(15)11-24-21(28)19-12-29-20(27-19)6-2-1-4-14-7-8-16-17(10-14)26-13-25-16/h3,5,7-10,12-13H,1-2,4,6,11H2,(H,24,28)(H,25,26). The first kappa shape index (κ1) is 19.2. The number of nitrogens with one attached hydrogen (secondary N) is 2. The Hall–Kier alpha value is -3.13. The number of pyridine rings is 1. The van der Waals surface area contributed by atoms with Crippen LogP contribution in [-0.2, 0) is 19.4 Å². The van der Waals surface area contributed by atoms with E-state index in [2.05, 4.69) is 37.4 Å². The minimum Gasteiger partial charge on any atom is -0.345 e. The van der Waals surface area contributed by atoms with Gasteiger partial charge in [-0.15, -0.1) is 11.3 Å². The SMILES string of the molecule is O=C(NCc1ncccc1F)c1csc(CCCCc2ccc3nc[nH]c3c2)n1. The molecule has 1 amide bonds. The molecule has 3 aromatic heterocycles. The molecule has 8 heteroatoms. The first-order valence-electron chi connectivity index (χ1n) is 9.43. The highest BCUT2D eigenvalue weighted by Gasteiger charge is 2.12. The number of rotatable bonds is 8. The molecular formula is C21H20FN5OS. The molecule has 0 aliphatic carbocycles. The van der Waals surface area contributed by atoms with E-state index < -0.39 is 5.82 Å². The number of aromatic amines is 1. The van der Waals surface area contributed by atoms with Crippen molar-refractivity contribution in [2.45, 2.75) is 32.2 Å². The van der Waals surface area contributed by atoms with Crippen LogP contribution in [-0.4, -0.2) is 25.8 Å². The topological polar surface area (TPSA) is 83.6 Å². The third-order valence-corrected chi connectivity index (χ3v) is 5.53. The van der Waals surface area contributed by atoms with Crippen LogP contribution in [0, 0.1) is 5.82 Å². The van der Waals surface area contributed by atoms with Crippen LogP contribution >= 0.6 is 11.3 Å². The van der Waals surface area contributed by atoms with Gasteiger partial charge in [-0.3, -0.25) is 9.78 Å². The number of aryl methyl sites for hydroxylation is 2. The Morgan fingerprint density at radius 3 is 2.97 bits per heavy atom. The number of halogens is 1. The average Bonchev–Trinajstić information content (AvgIpc) is 3.39. The number of thiazole rings is 1. The summed E-state index contributed by atoms with van der Waals surface area (Å²) >= 11 is 1.48. The van der Waals surface area contributed by atoms with Crippen molar-refractivity contribution in [1.82, 2.24) is 25.3 Å². The average molecular weight is 409 g/mol. The van der Waals surface area contributed by atoms with Gasteiger partial charge in [0.15, 0.2) is 0 Å². The molecule has 29 heavy (non-hydrogen) atoms. The van der Waals surface area contributed by atoms with Crippen LogP contribution in [0.2, 0.25) is 0 Å². The number of aromatic nitrogens is 4. The van der Waals surface area contributed by atoms with Crippen molar-refractivity contribution < 1.29 is 9.18 Å². The number of benzene rings is 1. The lowest BCUT2D eigenvalue weighted by Crippen LogP contribution is -2.24. The second-order valence-corrected chi connectivity index (χ2v) is 7.64. The molecule has 0 aliphatic rings. The second-order valence-electron chi connectivity index (χ2n) is 6.70. The molecule has 4 rings (SSSR count). The van der Waals surface area contributed by atoms with Gasteiger partial charge in [0, 0.05) is 11.6 Å². The van der Waals surface area contributed by atoms with Crippen molar-refractivity contribution in [3.05, 3.63) is 76.0 Å². The Morgan fingerprint density at radius 1 is 1.17 bits per heavy atom. The number of amides is 1. The van der Waals surface area contributed by atoms with Crippen molar-refractivity contribution in [3.63, 3.8) is 0 Å². The van der Waals surface area contributed by atoms with Gasteiger partial charge in [0.05, 0.1) is 34.6 Å². The Labute approximate surface area is 171 Å². The number of imidazole rings is 1. The summed E-state index contributed by atoms with van der Waals surface area (Å²) in [6, 6.07) is 9.12. The minimum absolute atomic E-state index is 0.0407. The van der Waals surface area contributed by atoms with Gasteiger partial charge in [0.25, 0.3) is 5.91 Å². The zero-order valence-corrected chi connectivity index (χ0v) is 16.5. The molecule has 1 aromatic carbocycles. The van der Waals surface area contributed by atoms with E-state index in [1.54, 1.807) is 11.7 Å². The van der Waals surface area contributed by atoms with Crippen LogP contribution in [0.25, 0.3) is 11.0 Å². The van der Waals surface area contributed by atoms with Gasteiger partial charge in [0.1, 0.15) is 11.5 Å². The highest BCUT2D eigenvalue weighted by Crippen LogP contribution is 2.16. The molecule has 4 aromatic rings. The summed E-state index contributed by atoms with van der Waals surface area (Å²) in [6.07, 6.45) is 7.06. The summed E-state index contributed by atoms with van der Waals surface area (Å²) in [5, 5.41) is 5.34. The summed E-state index contributed by atoms with van der Waals surface area (Å²) in [5.41, 5.74) is 3.90. The third kappa shape index (κ3) is 4.83. The maximum atomic E-state index is 13.6. The number of fused-ring (bicyclic) bond motifs is 1. The summed E-state index contributed by atoms with van der Waals surface area (Å²) in [6.45, 7) is 0.0407. The van der Waals surface area contributed by atoms with Crippen molar-refractivity contribution in [2.75, 3.05) is 0 Å². The fourth-order valence-corrected chi connectivity index (χ4v) is 3.90. The van der Waals surface area contributed by atoms with Crippen LogP contribution in [0.4, 0.5) is 4.39 Å². The first-order chi connectivity index (χ1) is 14.2. The van der Waals surface area contributed by atoms with E-state index in [0.29, 0.717) is 5.69 Å². The minimum atomic E-state index is -0.432. The second kappa shape index (κ2) is 8.91. The van der Waals surface area contributed by atoms with Gasteiger partial charge in [-0.1, -0.05) is 6.07 Å². The molecule has 0 radical (unpaired) electrons. The molecule has 3 heterocycles. The molecule has 0 unspecified atom stereocenters. The largest absolute Gasteiger partial charge is 0.345 e. The Morgan fingerprint density at radius 2 is 2.07 bits per heavy atom. The van der Waals surface area contributed by atoms with Gasteiger partial charge >= 0.3 is 0 Å². The van der Waals surface area contributed by atoms with Gasteiger partial charge in [-0.2, -0.15) is 0 Å². The molecule has 0 bridgehead atoms. The lowest BCUT2D eigenvalue weighted by Gasteiger charge is -2.03. The van der Waals surface area contributed by atoms with Gasteiger partial charge < -0.3 is 10.3 Å². The van der Waals surface area contributed by atoms with E-state index >= 15 is 0 Å². The van der Waals surface area contributed by atoms with E-state index in [4.69, 9.17) is 0 Å². The summed E-state index contributed by atoms with van der Waals surface area (Å²) in [4.78, 5) is 27.9. The number of carbonyl (C=O) groups is 1. The molecule has 6 nitrogen and oxygen atoms in total. The molecule has 148 valence electrons. The number of carbonyl (C=O) groups excluding carboxylic acids is 1. The number of hydrogen-bond acceptors (Lipinski definition) is 5. The normalized spacial score (nSPS) is 11.1. The van der Waals surface area contributed by atoms with Gasteiger partial charge in [-0.25, -0.2) is 14.4 Å². The van der Waals surface area contributed by atoms with Crippen LogP contribution in [0.5, 0.6) is 0 Å². The zero-order valence-electron chi connectivity index (χ0n) is 15.7. The van der Waals surface area contributed by atoms with Crippen molar-refractivity contribution in [2.24, 2.45) is 0 Å². The predicted octanol–water partition coefficient (Wildman–Crippen LogP) is 4.05. The first-order valence-corrected chi connectivity index (χ1v) is 10.3. The van der Waals surface area contributed by atoms with E-state index in [-0.39, 0.29) is 18.1 Å². The number of nitrogens with zero attached hydrogens (tertiary/aromatic N) is 3. The molecule has 2 N–H and O–H groups in total. The number of hydrogen-bond donors (Lipinski definition) is 2. The molecule has 0 spiro atoms. The van der Waals surface area contributed by atoms with Gasteiger partial charge in [0.2, 0.25) is 0 Å². The zero-order chi connectivity index (χ0) is 20.1. The lowest BCUT2D eigenvalue weighted by atomic mass is 10.1. The highest BCUT2D eigenvalue weighted by molar-refractivity contribution is 7.09. The quantitative estimate of drug-likeness (QED) is 0.430. The maximum absolute atomic E-state index is 13.6. The Bertz CT molecular complexity index is 1120. The summed E-state index contributed by atoms with van der Waals surface area (Å²) in [5.74, 6) is -0.746. The fraction of sp³-hybridized carbons (Fsp3) is 0.238. The van der Waals surface area contributed by atoms with Crippen LogP contribution in [0.3, 0.4) is 0 Å². The molecule has 0 saturated carbocycles. The number of H-pyrrole nitrogens is 1. The smallest absolute Gasteiger partial charge is 0.271 e. The molecule has 0 fully saturated rings. The van der Waals surface area contributed by atoms with Crippen molar-refractivity contribution in [1.29, 1.82) is 0 Å². The lowest BCUT2D eigenvalue weighted by molar-refractivity contribution is 0.0945. The van der Waals surface area contributed by atoms with Gasteiger partial charge in [-0.05, 0) is 55.5 Å². The molecule has 0 aliphatic heterocycles. The van der Waals surface area contributed by atoms with E-state index in [0.717, 1.165) is 41.7 Å². The van der Waals surface area contributed by atoms with Crippen LogP contribution in [0.15, 0.2) is 48.2 Å². The predicted molar refractivity (Wildman–Crippen MR) is 110 cm³/mol. The Kier molecular flexibility index (Phi) is 5.90. The van der Waals surface area contributed by atoms with Crippen LogP contribution in [0.1, 0.15) is 39.6 Å². The number of unbranched alkanes of at least 4 members (excludes halogenated alkanes) is 1. The maximum Gasteiger partial charge on any atom is 0.271 e.